The van der Waals surface area contributed by atoms with Crippen LogP contribution in [-0.2, 0) is 14.3 Å². The second-order valence-electron chi connectivity index (χ2n) is 3.44. The maximum atomic E-state index is 11.1. The van der Waals surface area contributed by atoms with Crippen molar-refractivity contribution in [3.63, 3.8) is 0 Å². The third-order valence-electron chi connectivity index (χ3n) is 2.01. The van der Waals surface area contributed by atoms with Crippen molar-refractivity contribution in [1.82, 2.24) is 0 Å². The maximum absolute atomic E-state index is 11.1. The van der Waals surface area contributed by atoms with Gasteiger partial charge in [0.05, 0.1) is 18.6 Å². The van der Waals surface area contributed by atoms with Crippen LogP contribution in [0.15, 0.2) is 12.2 Å². The molecule has 4 nitrogen and oxygen atoms in total. The van der Waals surface area contributed by atoms with E-state index in [1.54, 1.807) is 6.92 Å². The molecule has 0 unspecified atom stereocenters. The highest BCUT2D eigenvalue weighted by Crippen LogP contribution is 2.08. The molecule has 1 heterocycles. The third-order valence-corrected chi connectivity index (χ3v) is 2.01. The molecular formula is C10H14O4. The first kappa shape index (κ1) is 10.9. The van der Waals surface area contributed by atoms with E-state index in [2.05, 4.69) is 0 Å². The Hall–Kier alpha value is -1.16. The van der Waals surface area contributed by atoms with Gasteiger partial charge in [0.25, 0.3) is 0 Å². The van der Waals surface area contributed by atoms with E-state index in [1.807, 2.05) is 0 Å². The predicted molar refractivity (Wildman–Crippen MR) is 49.6 cm³/mol. The molecule has 0 aromatic rings. The number of cyclic esters (lactones) is 1. The monoisotopic (exact) mass is 198 g/mol. The van der Waals surface area contributed by atoms with Crippen molar-refractivity contribution in [2.45, 2.75) is 38.4 Å². The summed E-state index contributed by atoms with van der Waals surface area (Å²) >= 11 is 0. The lowest BCUT2D eigenvalue weighted by Crippen LogP contribution is -2.21. The van der Waals surface area contributed by atoms with Gasteiger partial charge in [-0.1, -0.05) is 6.08 Å². The van der Waals surface area contributed by atoms with Gasteiger partial charge in [0.1, 0.15) is 0 Å². The fourth-order valence-electron chi connectivity index (χ4n) is 1.22. The molecule has 0 aliphatic carbocycles. The summed E-state index contributed by atoms with van der Waals surface area (Å²) in [5.74, 6) is -0.474. The van der Waals surface area contributed by atoms with Crippen LogP contribution >= 0.6 is 0 Å². The molecule has 0 fully saturated rings. The highest BCUT2D eigenvalue weighted by Gasteiger charge is 2.15. The standard InChI is InChI=1S/C10H14O4/c1-7-2-3-8(11)4-5-9(12)6-10(13)14-7/h4-5,7,9,12H,2-3,6H2,1H3/t7-,9-/m1/s1. The quantitative estimate of drug-likeness (QED) is 0.578. The Bertz CT molecular complexity index is 257. The number of aliphatic hydroxyl groups is 1. The zero-order chi connectivity index (χ0) is 10.6. The van der Waals surface area contributed by atoms with E-state index in [1.165, 1.54) is 12.2 Å². The summed E-state index contributed by atoms with van der Waals surface area (Å²) in [4.78, 5) is 22.2. The number of rotatable bonds is 0. The normalized spacial score (nSPS) is 29.9. The van der Waals surface area contributed by atoms with Crippen molar-refractivity contribution in [2.75, 3.05) is 0 Å². The Labute approximate surface area is 82.6 Å². The molecule has 0 radical (unpaired) electrons. The Morgan fingerprint density at radius 2 is 2.21 bits per heavy atom. The van der Waals surface area contributed by atoms with Gasteiger partial charge in [-0.3, -0.25) is 9.59 Å². The second-order valence-corrected chi connectivity index (χ2v) is 3.44. The number of hydrogen-bond acceptors (Lipinski definition) is 4. The van der Waals surface area contributed by atoms with Gasteiger partial charge in [-0.15, -0.1) is 0 Å². The van der Waals surface area contributed by atoms with Crippen molar-refractivity contribution < 1.29 is 19.4 Å². The Balaban J connectivity index is 2.65. The van der Waals surface area contributed by atoms with Crippen molar-refractivity contribution in [3.8, 4) is 0 Å². The lowest BCUT2D eigenvalue weighted by atomic mass is 10.1. The van der Waals surface area contributed by atoms with Gasteiger partial charge in [0, 0.05) is 6.42 Å². The van der Waals surface area contributed by atoms with E-state index in [0.717, 1.165) is 0 Å². The Kier molecular flexibility index (Phi) is 3.83. The second kappa shape index (κ2) is 4.91. The van der Waals surface area contributed by atoms with Crippen LogP contribution in [0.25, 0.3) is 0 Å². The third kappa shape index (κ3) is 3.70. The molecule has 0 saturated carbocycles. The predicted octanol–water partition coefficient (Wildman–Crippen LogP) is 0.588. The molecule has 4 heteroatoms. The molecule has 0 saturated heterocycles. The smallest absolute Gasteiger partial charge is 0.309 e. The molecule has 14 heavy (non-hydrogen) atoms. The molecule has 1 aliphatic heterocycles. The van der Waals surface area contributed by atoms with E-state index < -0.39 is 12.1 Å². The van der Waals surface area contributed by atoms with Crippen molar-refractivity contribution in [2.24, 2.45) is 0 Å². The van der Waals surface area contributed by atoms with E-state index in [-0.39, 0.29) is 18.3 Å². The molecule has 1 N–H and O–H groups in total. The summed E-state index contributed by atoms with van der Waals surface area (Å²) in [5.41, 5.74) is 0. The first-order valence-electron chi connectivity index (χ1n) is 4.66. The van der Waals surface area contributed by atoms with Gasteiger partial charge in [0.2, 0.25) is 0 Å². The van der Waals surface area contributed by atoms with Crippen molar-refractivity contribution in [1.29, 1.82) is 0 Å². The van der Waals surface area contributed by atoms with Crippen LogP contribution in [0.2, 0.25) is 0 Å². The SMILES string of the molecule is C[C@@H]1CCC(=O)C=C[C@@H](O)CC(=O)O1. The van der Waals surface area contributed by atoms with Crippen LogP contribution in [0.1, 0.15) is 26.2 Å². The molecule has 0 aromatic carbocycles. The molecule has 1 rings (SSSR count). The lowest BCUT2D eigenvalue weighted by molar-refractivity contribution is -0.150. The summed E-state index contributed by atoms with van der Waals surface area (Å²) in [7, 11) is 0. The summed E-state index contributed by atoms with van der Waals surface area (Å²) in [6.07, 6.45) is 2.27. The van der Waals surface area contributed by atoms with Gasteiger partial charge < -0.3 is 9.84 Å². The van der Waals surface area contributed by atoms with Gasteiger partial charge in [-0.05, 0) is 19.4 Å². The van der Waals surface area contributed by atoms with Crippen LogP contribution in [0, 0.1) is 0 Å². The van der Waals surface area contributed by atoms with Crippen molar-refractivity contribution in [3.05, 3.63) is 12.2 Å². The maximum Gasteiger partial charge on any atom is 0.309 e. The summed E-state index contributed by atoms with van der Waals surface area (Å²) in [6, 6.07) is 0. The van der Waals surface area contributed by atoms with Crippen LogP contribution in [0.5, 0.6) is 0 Å². The van der Waals surface area contributed by atoms with Crippen LogP contribution in [0.3, 0.4) is 0 Å². The zero-order valence-corrected chi connectivity index (χ0v) is 8.10. The molecule has 0 spiro atoms. The Morgan fingerprint density at radius 3 is 2.93 bits per heavy atom. The molecular weight excluding hydrogens is 184 g/mol. The molecule has 2 atom stereocenters. The summed E-state index contributed by atoms with van der Waals surface area (Å²) < 4.78 is 4.96. The largest absolute Gasteiger partial charge is 0.463 e. The number of aliphatic hydroxyl groups excluding tert-OH is 1. The number of carbonyl (C=O) groups is 2. The number of esters is 1. The number of hydrogen-bond donors (Lipinski definition) is 1. The fourth-order valence-corrected chi connectivity index (χ4v) is 1.22. The van der Waals surface area contributed by atoms with Gasteiger partial charge in [-0.25, -0.2) is 0 Å². The minimum Gasteiger partial charge on any atom is -0.463 e. The van der Waals surface area contributed by atoms with Gasteiger partial charge >= 0.3 is 5.97 Å². The molecule has 78 valence electrons. The average molecular weight is 198 g/mol. The van der Waals surface area contributed by atoms with Gasteiger partial charge in [-0.2, -0.15) is 0 Å². The minimum absolute atomic E-state index is 0.0474. The zero-order valence-electron chi connectivity index (χ0n) is 8.10. The molecule has 0 aromatic heterocycles. The summed E-state index contributed by atoms with van der Waals surface area (Å²) in [5, 5.41) is 9.27. The van der Waals surface area contributed by atoms with Crippen molar-refractivity contribution >= 4 is 11.8 Å². The van der Waals surface area contributed by atoms with Crippen LogP contribution < -0.4 is 0 Å². The average Bonchev–Trinajstić information content (AvgIpc) is 2.10. The van der Waals surface area contributed by atoms with E-state index in [9.17, 15) is 14.7 Å². The number of ether oxygens (including phenoxy) is 1. The van der Waals surface area contributed by atoms with E-state index in [0.29, 0.717) is 12.8 Å². The number of ketones is 1. The van der Waals surface area contributed by atoms with E-state index in [4.69, 9.17) is 4.74 Å². The first-order valence-corrected chi connectivity index (χ1v) is 4.66. The van der Waals surface area contributed by atoms with E-state index >= 15 is 0 Å². The minimum atomic E-state index is -0.920. The Morgan fingerprint density at radius 1 is 1.50 bits per heavy atom. The molecule has 0 bridgehead atoms. The van der Waals surface area contributed by atoms with Gasteiger partial charge in [0.15, 0.2) is 5.78 Å². The highest BCUT2D eigenvalue weighted by atomic mass is 16.5. The fraction of sp³-hybridized carbons (Fsp3) is 0.600. The lowest BCUT2D eigenvalue weighted by Gasteiger charge is -2.14. The van der Waals surface area contributed by atoms with Crippen LogP contribution in [-0.4, -0.2) is 29.1 Å². The first-order chi connectivity index (χ1) is 6.58. The number of carbonyl (C=O) groups excluding carboxylic acids is 2. The highest BCUT2D eigenvalue weighted by molar-refractivity contribution is 5.89. The number of allylic oxidation sites excluding steroid dienone is 1. The molecule has 0 amide bonds. The molecule has 1 aliphatic rings. The van der Waals surface area contributed by atoms with Crippen LogP contribution in [0.4, 0.5) is 0 Å². The topological polar surface area (TPSA) is 63.6 Å². The summed E-state index contributed by atoms with van der Waals surface area (Å²) in [6.45, 7) is 1.74.